The van der Waals surface area contributed by atoms with Crippen molar-refractivity contribution in [3.8, 4) is 0 Å². The first-order chi connectivity index (χ1) is 6.48. The molecule has 14 heavy (non-hydrogen) atoms. The molecule has 0 aliphatic carbocycles. The molecule has 5 nitrogen and oxygen atoms in total. The fourth-order valence-electron chi connectivity index (χ4n) is 2.32. The van der Waals surface area contributed by atoms with E-state index in [4.69, 9.17) is 5.11 Å². The molecule has 2 heterocycles. The molecule has 3 atom stereocenters. The molecule has 2 aliphatic heterocycles. The number of sulfone groups is 1. The SMILES string of the molecule is O=C(O)C1CC2CS(=O)(=O)CCC2N1. The molecule has 2 rings (SSSR count). The number of rotatable bonds is 1. The van der Waals surface area contributed by atoms with E-state index in [9.17, 15) is 13.2 Å². The molecule has 2 saturated heterocycles. The van der Waals surface area contributed by atoms with Crippen LogP contribution in [0.25, 0.3) is 0 Å². The zero-order valence-electron chi connectivity index (χ0n) is 7.64. The minimum atomic E-state index is -2.92. The molecule has 2 N–H and O–H groups in total. The van der Waals surface area contributed by atoms with Crippen molar-refractivity contribution >= 4 is 15.8 Å². The highest BCUT2D eigenvalue weighted by Gasteiger charge is 2.42. The van der Waals surface area contributed by atoms with E-state index in [1.54, 1.807) is 0 Å². The van der Waals surface area contributed by atoms with E-state index in [1.807, 2.05) is 0 Å². The Bertz CT molecular complexity index is 350. The molecule has 2 aliphatic rings. The summed E-state index contributed by atoms with van der Waals surface area (Å²) in [6, 6.07) is -0.474. The van der Waals surface area contributed by atoms with Crippen molar-refractivity contribution < 1.29 is 18.3 Å². The summed E-state index contributed by atoms with van der Waals surface area (Å²) in [5, 5.41) is 11.7. The standard InChI is InChI=1S/C8H13NO4S/c10-8(11)7-3-5-4-14(12,13)2-1-6(5)9-7/h5-7,9H,1-4H2,(H,10,11). The highest BCUT2D eigenvalue weighted by molar-refractivity contribution is 7.91. The minimum Gasteiger partial charge on any atom is -0.480 e. The van der Waals surface area contributed by atoms with Crippen molar-refractivity contribution in [2.24, 2.45) is 5.92 Å². The Hall–Kier alpha value is -0.620. The minimum absolute atomic E-state index is 0.00477. The smallest absolute Gasteiger partial charge is 0.320 e. The number of fused-ring (bicyclic) bond motifs is 1. The number of aliphatic carboxylic acids is 1. The van der Waals surface area contributed by atoms with Crippen LogP contribution in [-0.2, 0) is 14.6 Å². The summed E-state index contributed by atoms with van der Waals surface area (Å²) < 4.78 is 22.6. The zero-order valence-corrected chi connectivity index (χ0v) is 8.46. The number of carbonyl (C=O) groups is 1. The van der Waals surface area contributed by atoms with Crippen LogP contribution in [0.3, 0.4) is 0 Å². The number of nitrogens with one attached hydrogen (secondary N) is 1. The predicted molar refractivity (Wildman–Crippen MR) is 49.7 cm³/mol. The van der Waals surface area contributed by atoms with Gasteiger partial charge < -0.3 is 10.4 Å². The highest BCUT2D eigenvalue weighted by Crippen LogP contribution is 2.29. The number of hydrogen-bond donors (Lipinski definition) is 2. The first kappa shape index (κ1) is 9.92. The van der Waals surface area contributed by atoms with E-state index in [-0.39, 0.29) is 23.5 Å². The van der Waals surface area contributed by atoms with Gasteiger partial charge in [-0.25, -0.2) is 8.42 Å². The van der Waals surface area contributed by atoms with Gasteiger partial charge in [0.15, 0.2) is 9.84 Å². The second-order valence-electron chi connectivity index (χ2n) is 4.06. The number of hydrogen-bond acceptors (Lipinski definition) is 4. The summed E-state index contributed by atoms with van der Waals surface area (Å²) in [6.45, 7) is 0. The molecule has 0 saturated carbocycles. The van der Waals surface area contributed by atoms with Crippen LogP contribution in [0.4, 0.5) is 0 Å². The van der Waals surface area contributed by atoms with Crippen LogP contribution in [0.2, 0.25) is 0 Å². The molecular weight excluding hydrogens is 206 g/mol. The molecule has 0 radical (unpaired) electrons. The number of carboxylic acid groups (broad SMARTS) is 1. The molecule has 0 bridgehead atoms. The lowest BCUT2D eigenvalue weighted by Crippen LogP contribution is -2.41. The van der Waals surface area contributed by atoms with E-state index in [0.717, 1.165) is 0 Å². The van der Waals surface area contributed by atoms with Gasteiger partial charge in [0.1, 0.15) is 6.04 Å². The van der Waals surface area contributed by atoms with Crippen molar-refractivity contribution in [3.05, 3.63) is 0 Å². The summed E-state index contributed by atoms with van der Waals surface area (Å²) in [5.74, 6) is -0.547. The third-order valence-corrected chi connectivity index (χ3v) is 4.82. The number of carboxylic acids is 1. The lowest BCUT2D eigenvalue weighted by atomic mass is 9.99. The molecular formula is C8H13NO4S. The van der Waals surface area contributed by atoms with Crippen molar-refractivity contribution in [2.75, 3.05) is 11.5 Å². The van der Waals surface area contributed by atoms with E-state index >= 15 is 0 Å². The van der Waals surface area contributed by atoms with Crippen molar-refractivity contribution in [2.45, 2.75) is 24.9 Å². The van der Waals surface area contributed by atoms with Gasteiger partial charge >= 0.3 is 5.97 Å². The average Bonchev–Trinajstić information content (AvgIpc) is 2.45. The zero-order chi connectivity index (χ0) is 10.3. The Kier molecular flexibility index (Phi) is 2.27. The Morgan fingerprint density at radius 3 is 2.79 bits per heavy atom. The van der Waals surface area contributed by atoms with Gasteiger partial charge in [-0.15, -0.1) is 0 Å². The molecule has 0 aromatic heterocycles. The van der Waals surface area contributed by atoms with Gasteiger partial charge in [-0.3, -0.25) is 4.79 Å². The van der Waals surface area contributed by atoms with Crippen LogP contribution in [0.1, 0.15) is 12.8 Å². The quantitative estimate of drug-likeness (QED) is 0.605. The normalized spacial score (nSPS) is 40.4. The van der Waals surface area contributed by atoms with Crippen LogP contribution in [0, 0.1) is 5.92 Å². The third-order valence-electron chi connectivity index (χ3n) is 3.03. The van der Waals surface area contributed by atoms with Gasteiger partial charge in [-0.2, -0.15) is 0 Å². The van der Waals surface area contributed by atoms with Gasteiger partial charge in [0, 0.05) is 6.04 Å². The van der Waals surface area contributed by atoms with Crippen molar-refractivity contribution in [1.82, 2.24) is 5.32 Å². The largest absolute Gasteiger partial charge is 0.480 e. The van der Waals surface area contributed by atoms with Crippen LogP contribution in [0.15, 0.2) is 0 Å². The second kappa shape index (κ2) is 3.20. The van der Waals surface area contributed by atoms with Gasteiger partial charge in [-0.1, -0.05) is 0 Å². The predicted octanol–water partition coefficient (Wildman–Crippen LogP) is -0.764. The maximum Gasteiger partial charge on any atom is 0.320 e. The van der Waals surface area contributed by atoms with E-state index in [2.05, 4.69) is 5.32 Å². The first-order valence-corrected chi connectivity index (χ1v) is 6.49. The van der Waals surface area contributed by atoms with E-state index < -0.39 is 21.8 Å². The lowest BCUT2D eigenvalue weighted by molar-refractivity contribution is -0.139. The van der Waals surface area contributed by atoms with Crippen LogP contribution in [-0.4, -0.2) is 43.1 Å². The monoisotopic (exact) mass is 219 g/mol. The lowest BCUT2D eigenvalue weighted by Gasteiger charge is -2.24. The molecule has 0 aromatic carbocycles. The second-order valence-corrected chi connectivity index (χ2v) is 6.29. The van der Waals surface area contributed by atoms with Crippen molar-refractivity contribution in [1.29, 1.82) is 0 Å². The maximum atomic E-state index is 11.3. The molecule has 0 amide bonds. The van der Waals surface area contributed by atoms with Crippen LogP contribution < -0.4 is 5.32 Å². The summed E-state index contributed by atoms with van der Waals surface area (Å²) in [4.78, 5) is 10.7. The van der Waals surface area contributed by atoms with Gasteiger partial charge in [-0.05, 0) is 18.8 Å². The molecule has 0 aromatic rings. The Morgan fingerprint density at radius 1 is 1.43 bits per heavy atom. The highest BCUT2D eigenvalue weighted by atomic mass is 32.2. The average molecular weight is 219 g/mol. The Labute approximate surface area is 82.4 Å². The van der Waals surface area contributed by atoms with Crippen LogP contribution in [0.5, 0.6) is 0 Å². The van der Waals surface area contributed by atoms with Crippen LogP contribution >= 0.6 is 0 Å². The fourth-order valence-corrected chi connectivity index (χ4v) is 4.12. The Morgan fingerprint density at radius 2 is 2.14 bits per heavy atom. The summed E-state index contributed by atoms with van der Waals surface area (Å²) in [6.07, 6.45) is 0.996. The molecule has 80 valence electrons. The van der Waals surface area contributed by atoms with Crippen molar-refractivity contribution in [3.63, 3.8) is 0 Å². The van der Waals surface area contributed by atoms with E-state index in [0.29, 0.717) is 12.8 Å². The molecule has 3 unspecified atom stereocenters. The molecule has 0 spiro atoms. The third kappa shape index (κ3) is 1.76. The Balaban J connectivity index is 2.09. The van der Waals surface area contributed by atoms with E-state index in [1.165, 1.54) is 0 Å². The summed E-state index contributed by atoms with van der Waals surface area (Å²) in [7, 11) is -2.92. The maximum absolute atomic E-state index is 11.3. The summed E-state index contributed by atoms with van der Waals surface area (Å²) in [5.41, 5.74) is 0. The summed E-state index contributed by atoms with van der Waals surface area (Å²) >= 11 is 0. The van der Waals surface area contributed by atoms with Gasteiger partial charge in [0.25, 0.3) is 0 Å². The van der Waals surface area contributed by atoms with Gasteiger partial charge in [0.05, 0.1) is 11.5 Å². The topological polar surface area (TPSA) is 83.5 Å². The first-order valence-electron chi connectivity index (χ1n) is 4.67. The molecule has 2 fully saturated rings. The van der Waals surface area contributed by atoms with Gasteiger partial charge in [0.2, 0.25) is 0 Å². The molecule has 6 heteroatoms. The fraction of sp³-hybridized carbons (Fsp3) is 0.875.